The average Bonchev–Trinajstić information content (AvgIpc) is 3.33. The van der Waals surface area contributed by atoms with E-state index in [2.05, 4.69) is 60.5 Å². The van der Waals surface area contributed by atoms with E-state index in [-0.39, 0.29) is 29.7 Å². The Morgan fingerprint density at radius 3 is 2.23 bits per heavy atom. The Hall–Kier alpha value is -4.56. The van der Waals surface area contributed by atoms with E-state index >= 15 is 0 Å². The van der Waals surface area contributed by atoms with Gasteiger partial charge in [0, 0.05) is 5.69 Å². The first-order valence-electron chi connectivity index (χ1n) is 14.3. The Morgan fingerprint density at radius 2 is 1.56 bits per heavy atom. The van der Waals surface area contributed by atoms with Crippen LogP contribution in [0.4, 0.5) is 16.2 Å². The number of para-hydroxylation sites is 2. The largest absolute Gasteiger partial charge is 0.491 e. The van der Waals surface area contributed by atoms with E-state index in [1.807, 2.05) is 78.6 Å². The Balaban J connectivity index is 1.31. The van der Waals surface area contributed by atoms with Crippen molar-refractivity contribution in [3.05, 3.63) is 125 Å². The number of aryl methyl sites for hydroxylation is 1. The molecule has 0 aliphatic carbocycles. The van der Waals surface area contributed by atoms with Crippen LogP contribution in [0.5, 0.6) is 5.75 Å². The molecular formula is C35H33N3O4S. The van der Waals surface area contributed by atoms with Crippen molar-refractivity contribution in [1.29, 1.82) is 0 Å². The van der Waals surface area contributed by atoms with Crippen LogP contribution in [0.15, 0.2) is 103 Å². The first-order valence-corrected chi connectivity index (χ1v) is 15.2. The zero-order valence-corrected chi connectivity index (χ0v) is 25.1. The number of hydrogen-bond acceptors (Lipinski definition) is 6. The van der Waals surface area contributed by atoms with Gasteiger partial charge in [-0.2, -0.15) is 0 Å². The molecule has 0 radical (unpaired) electrons. The van der Waals surface area contributed by atoms with Gasteiger partial charge in [-0.1, -0.05) is 84.1 Å². The van der Waals surface area contributed by atoms with Crippen molar-refractivity contribution in [2.45, 2.75) is 44.1 Å². The number of hydrogen-bond donors (Lipinski definition) is 1. The predicted molar refractivity (Wildman–Crippen MR) is 170 cm³/mol. The first-order chi connectivity index (χ1) is 20.8. The highest BCUT2D eigenvalue weighted by atomic mass is 32.2. The molecule has 218 valence electrons. The molecule has 2 aliphatic heterocycles. The molecule has 8 heteroatoms. The summed E-state index contributed by atoms with van der Waals surface area (Å²) in [6.07, 6.45) is 0.463. The molecule has 1 N–H and O–H groups in total. The van der Waals surface area contributed by atoms with Crippen LogP contribution >= 0.6 is 11.8 Å². The molecule has 0 aromatic heterocycles. The molecular weight excluding hydrogens is 558 g/mol. The molecule has 6 rings (SSSR count). The zero-order valence-electron chi connectivity index (χ0n) is 24.3. The van der Waals surface area contributed by atoms with Crippen molar-refractivity contribution < 1.29 is 19.1 Å². The van der Waals surface area contributed by atoms with Gasteiger partial charge >= 0.3 is 0 Å². The summed E-state index contributed by atoms with van der Waals surface area (Å²) in [5.41, 5.74) is 4.70. The lowest BCUT2D eigenvalue weighted by Crippen LogP contribution is -2.63. The third kappa shape index (κ3) is 5.39. The van der Waals surface area contributed by atoms with Crippen molar-refractivity contribution in [3.63, 3.8) is 0 Å². The Morgan fingerprint density at radius 1 is 0.884 bits per heavy atom. The molecule has 2 aliphatic rings. The van der Waals surface area contributed by atoms with Gasteiger partial charge in [-0.25, -0.2) is 0 Å². The summed E-state index contributed by atoms with van der Waals surface area (Å²) in [6, 6.07) is 33.5. The number of nitrogens with zero attached hydrogens (tertiary/aromatic N) is 2. The SMILES string of the molecule is Cc1ccc(C2(C)N(c3ccccc3)c3ccccc3C(=O)N2C(C)COc2ccc(CC3SC(=O)NC3=O)cc2)cc1. The molecule has 4 aromatic carbocycles. The van der Waals surface area contributed by atoms with Crippen molar-refractivity contribution in [2.75, 3.05) is 11.5 Å². The van der Waals surface area contributed by atoms with Crippen LogP contribution in [0, 0.1) is 6.92 Å². The second-order valence-corrected chi connectivity index (χ2v) is 12.3. The number of fused-ring (bicyclic) bond motifs is 1. The number of anilines is 2. The number of nitrogens with one attached hydrogen (secondary N) is 1. The van der Waals surface area contributed by atoms with Gasteiger partial charge in [0.2, 0.25) is 5.91 Å². The van der Waals surface area contributed by atoms with Crippen molar-refractivity contribution in [3.8, 4) is 5.75 Å². The highest BCUT2D eigenvalue weighted by Gasteiger charge is 2.50. The van der Waals surface area contributed by atoms with Gasteiger partial charge in [0.05, 0.1) is 22.5 Å². The van der Waals surface area contributed by atoms with E-state index in [4.69, 9.17) is 4.74 Å². The fourth-order valence-electron chi connectivity index (χ4n) is 6.01. The van der Waals surface area contributed by atoms with Gasteiger partial charge < -0.3 is 14.5 Å². The number of imide groups is 1. The van der Waals surface area contributed by atoms with Crippen LogP contribution in [0.2, 0.25) is 0 Å². The summed E-state index contributed by atoms with van der Waals surface area (Å²) >= 11 is 1.02. The molecule has 3 unspecified atom stereocenters. The molecule has 0 saturated carbocycles. The lowest BCUT2D eigenvalue weighted by atomic mass is 9.88. The number of rotatable bonds is 8. The highest BCUT2D eigenvalue weighted by Crippen LogP contribution is 2.48. The minimum atomic E-state index is -0.857. The van der Waals surface area contributed by atoms with Gasteiger partial charge in [-0.15, -0.1) is 0 Å². The minimum absolute atomic E-state index is 0.0563. The van der Waals surface area contributed by atoms with Crippen LogP contribution in [-0.4, -0.2) is 39.9 Å². The molecule has 0 spiro atoms. The molecule has 3 atom stereocenters. The monoisotopic (exact) mass is 591 g/mol. The zero-order chi connectivity index (χ0) is 30.1. The van der Waals surface area contributed by atoms with E-state index in [1.165, 1.54) is 0 Å². The predicted octanol–water partition coefficient (Wildman–Crippen LogP) is 6.82. The van der Waals surface area contributed by atoms with E-state index in [0.29, 0.717) is 17.7 Å². The molecule has 1 fully saturated rings. The maximum absolute atomic E-state index is 14.3. The van der Waals surface area contributed by atoms with Crippen LogP contribution in [-0.2, 0) is 16.9 Å². The number of thioether (sulfide) groups is 1. The normalized spacial score (nSPS) is 20.5. The molecule has 1 saturated heterocycles. The summed E-state index contributed by atoms with van der Waals surface area (Å²) in [4.78, 5) is 42.0. The van der Waals surface area contributed by atoms with Gasteiger partial charge in [-0.3, -0.25) is 19.7 Å². The number of carbonyl (C=O) groups excluding carboxylic acids is 3. The molecule has 7 nitrogen and oxygen atoms in total. The van der Waals surface area contributed by atoms with Gasteiger partial charge in [-0.05, 0) is 74.7 Å². The Labute approximate surface area is 255 Å². The standard InChI is InChI=1S/C35H33N3O4S/c1-23-13-17-26(18-14-23)35(3)37(33(40)29-11-7-8-12-30(29)38(35)27-9-5-4-6-10-27)24(2)22-42-28-19-15-25(16-20-28)21-31-32(39)36-34(41)43-31/h4-20,24,31H,21-22H2,1-3H3,(H,36,39,41). The van der Waals surface area contributed by atoms with Crippen molar-refractivity contribution in [2.24, 2.45) is 0 Å². The maximum Gasteiger partial charge on any atom is 0.286 e. The van der Waals surface area contributed by atoms with E-state index in [0.717, 1.165) is 39.8 Å². The lowest BCUT2D eigenvalue weighted by Gasteiger charge is -2.55. The smallest absolute Gasteiger partial charge is 0.286 e. The minimum Gasteiger partial charge on any atom is -0.491 e. The average molecular weight is 592 g/mol. The third-order valence-corrected chi connectivity index (χ3v) is 9.14. The number of amides is 3. The number of carbonyl (C=O) groups is 3. The van der Waals surface area contributed by atoms with E-state index in [9.17, 15) is 14.4 Å². The van der Waals surface area contributed by atoms with Crippen molar-refractivity contribution >= 4 is 40.2 Å². The molecule has 0 bridgehead atoms. The van der Waals surface area contributed by atoms with E-state index < -0.39 is 10.9 Å². The second-order valence-electron chi connectivity index (χ2n) is 11.1. The fraction of sp³-hybridized carbons (Fsp3) is 0.229. The van der Waals surface area contributed by atoms with Gasteiger partial charge in [0.25, 0.3) is 11.1 Å². The summed E-state index contributed by atoms with van der Waals surface area (Å²) in [6.45, 7) is 6.45. The summed E-state index contributed by atoms with van der Waals surface area (Å²) < 4.78 is 6.26. The van der Waals surface area contributed by atoms with E-state index in [1.54, 1.807) is 0 Å². The Bertz CT molecular complexity index is 1660. The van der Waals surface area contributed by atoms with Gasteiger partial charge in [0.1, 0.15) is 18.0 Å². The van der Waals surface area contributed by atoms with Crippen molar-refractivity contribution in [1.82, 2.24) is 10.2 Å². The lowest BCUT2D eigenvalue weighted by molar-refractivity contribution is -0.118. The quantitative estimate of drug-likeness (QED) is 0.242. The van der Waals surface area contributed by atoms with Crippen LogP contribution in [0.1, 0.15) is 40.9 Å². The molecule has 4 aromatic rings. The number of benzene rings is 4. The second kappa shape index (κ2) is 11.6. The Kier molecular flexibility index (Phi) is 7.71. The summed E-state index contributed by atoms with van der Waals surface area (Å²) in [5, 5.41) is 1.61. The van der Waals surface area contributed by atoms with Gasteiger partial charge in [0.15, 0.2) is 0 Å². The maximum atomic E-state index is 14.3. The number of ether oxygens (including phenoxy) is 1. The molecule has 3 amide bonds. The first kappa shape index (κ1) is 28.6. The van der Waals surface area contributed by atoms with Crippen LogP contribution in [0.25, 0.3) is 0 Å². The summed E-state index contributed by atoms with van der Waals surface area (Å²) in [5.74, 6) is 0.356. The third-order valence-electron chi connectivity index (χ3n) is 8.15. The molecule has 43 heavy (non-hydrogen) atoms. The molecule has 2 heterocycles. The van der Waals surface area contributed by atoms with Crippen LogP contribution in [0.3, 0.4) is 0 Å². The fourth-order valence-corrected chi connectivity index (χ4v) is 6.87. The topological polar surface area (TPSA) is 79.0 Å². The summed E-state index contributed by atoms with van der Waals surface area (Å²) in [7, 11) is 0. The van der Waals surface area contributed by atoms with Crippen LogP contribution < -0.4 is 15.0 Å². The highest BCUT2D eigenvalue weighted by molar-refractivity contribution is 8.15.